The van der Waals surface area contributed by atoms with E-state index in [1.165, 1.54) is 29.7 Å². The summed E-state index contributed by atoms with van der Waals surface area (Å²) in [5.41, 5.74) is 3.59. The zero-order valence-corrected chi connectivity index (χ0v) is 29.5. The van der Waals surface area contributed by atoms with Crippen LogP contribution in [0.1, 0.15) is 0 Å². The maximum absolute atomic E-state index is 13.3. The fourth-order valence-corrected chi connectivity index (χ4v) is 4.15. The Morgan fingerprint density at radius 2 is 1.04 bits per heavy atom. The molecule has 0 aliphatic rings. The van der Waals surface area contributed by atoms with Gasteiger partial charge in [0.2, 0.25) is 0 Å². The SMILES string of the molecule is Cn1ccnc1-c1ccccn1.Cn1ccnc1-c1ccccn1.Fc1cccc(-n2ccnc2-c2ccccc2)c1.[Cl-].[Cl-].[Cl][Os]. The van der Waals surface area contributed by atoms with E-state index >= 15 is 0 Å². The summed E-state index contributed by atoms with van der Waals surface area (Å²) < 4.78 is 19.0. The second-order valence-corrected chi connectivity index (χ2v) is 9.12. The van der Waals surface area contributed by atoms with Gasteiger partial charge in [0.15, 0.2) is 11.6 Å². The van der Waals surface area contributed by atoms with Crippen LogP contribution in [0.3, 0.4) is 0 Å². The molecule has 0 fully saturated rings. The number of aromatic nitrogens is 8. The van der Waals surface area contributed by atoms with E-state index in [4.69, 9.17) is 0 Å². The van der Waals surface area contributed by atoms with E-state index in [9.17, 15) is 4.39 Å². The first-order chi connectivity index (χ1) is 21.6. The molecular weight excluding hydrogens is 824 g/mol. The van der Waals surface area contributed by atoms with Crippen LogP contribution in [0, 0.1) is 5.82 Å². The quantitative estimate of drug-likeness (QED) is 0.268. The van der Waals surface area contributed by atoms with Crippen LogP contribution in [0.5, 0.6) is 0 Å². The molecule has 0 bridgehead atoms. The summed E-state index contributed by atoms with van der Waals surface area (Å²) in [5, 5.41) is 0. The third-order valence-electron chi connectivity index (χ3n) is 6.19. The summed E-state index contributed by atoms with van der Waals surface area (Å²) in [6, 6.07) is 27.9. The average Bonchev–Trinajstić information content (AvgIpc) is 3.85. The second-order valence-electron chi connectivity index (χ2n) is 9.12. The van der Waals surface area contributed by atoms with Crippen LogP contribution in [0.4, 0.5) is 4.39 Å². The van der Waals surface area contributed by atoms with E-state index < -0.39 is 0 Å². The van der Waals surface area contributed by atoms with Crippen molar-refractivity contribution in [3.05, 3.63) is 146 Å². The molecule has 0 aliphatic carbocycles. The molecule has 239 valence electrons. The van der Waals surface area contributed by atoms with Gasteiger partial charge in [-0.15, -0.1) is 0 Å². The first-order valence-corrected chi connectivity index (χ1v) is 16.5. The Kier molecular flexibility index (Phi) is 16.5. The molecule has 0 saturated carbocycles. The number of rotatable bonds is 4. The molecule has 0 N–H and O–H groups in total. The number of imidazole rings is 3. The van der Waals surface area contributed by atoms with Crippen LogP contribution in [0.2, 0.25) is 0 Å². The van der Waals surface area contributed by atoms with E-state index in [1.807, 2.05) is 119 Å². The van der Waals surface area contributed by atoms with Crippen LogP contribution in [0.25, 0.3) is 40.1 Å². The van der Waals surface area contributed by atoms with Crippen LogP contribution in [0.15, 0.2) is 141 Å². The first-order valence-electron chi connectivity index (χ1n) is 13.4. The molecule has 2 aromatic carbocycles. The number of pyridine rings is 2. The molecule has 0 spiro atoms. The normalized spacial score (nSPS) is 9.50. The minimum atomic E-state index is -0.250. The van der Waals surface area contributed by atoms with Crippen molar-refractivity contribution < 1.29 is 46.8 Å². The van der Waals surface area contributed by atoms with Gasteiger partial charge in [0, 0.05) is 74.9 Å². The van der Waals surface area contributed by atoms with Crippen molar-refractivity contribution in [3.8, 4) is 40.1 Å². The van der Waals surface area contributed by atoms with Crippen LogP contribution >= 0.6 is 9.64 Å². The van der Waals surface area contributed by atoms with Gasteiger partial charge in [0.05, 0.1) is 0 Å². The number of halogens is 4. The van der Waals surface area contributed by atoms with Crippen molar-refractivity contribution in [2.45, 2.75) is 0 Å². The number of hydrogen-bond donors (Lipinski definition) is 0. The third kappa shape index (κ3) is 10.4. The molecular formula is C33H29Cl3FN8Os-2. The van der Waals surface area contributed by atoms with E-state index in [0.717, 1.165) is 40.1 Å². The molecule has 0 aliphatic heterocycles. The first kappa shape index (κ1) is 38.0. The van der Waals surface area contributed by atoms with Crippen LogP contribution < -0.4 is 24.8 Å². The Morgan fingerprint density at radius 3 is 1.50 bits per heavy atom. The van der Waals surface area contributed by atoms with Crippen molar-refractivity contribution in [2.24, 2.45) is 14.1 Å². The Balaban J connectivity index is 0.000000235. The Hall–Kier alpha value is -4.19. The minimum absolute atomic E-state index is 0. The molecule has 8 nitrogen and oxygen atoms in total. The van der Waals surface area contributed by atoms with Crippen molar-refractivity contribution in [1.29, 1.82) is 0 Å². The molecule has 13 heteroatoms. The predicted octanol–water partition coefficient (Wildman–Crippen LogP) is 1.34. The molecule has 46 heavy (non-hydrogen) atoms. The zero-order chi connectivity index (χ0) is 31.1. The number of hydrogen-bond acceptors (Lipinski definition) is 5. The van der Waals surface area contributed by atoms with E-state index in [-0.39, 0.29) is 30.6 Å². The zero-order valence-electron chi connectivity index (χ0n) is 24.7. The molecule has 0 radical (unpaired) electrons. The van der Waals surface area contributed by atoms with Gasteiger partial charge in [-0.05, 0) is 42.5 Å². The topological polar surface area (TPSA) is 79.2 Å². The van der Waals surface area contributed by atoms with Gasteiger partial charge < -0.3 is 33.9 Å². The van der Waals surface area contributed by atoms with Crippen LogP contribution in [-0.2, 0) is 31.7 Å². The van der Waals surface area contributed by atoms with Gasteiger partial charge in [0.25, 0.3) is 0 Å². The number of nitrogens with zero attached hydrogens (tertiary/aromatic N) is 8. The average molecular weight is 853 g/mol. The summed E-state index contributed by atoms with van der Waals surface area (Å²) in [7, 11) is 8.58. The monoisotopic (exact) mass is 853 g/mol. The summed E-state index contributed by atoms with van der Waals surface area (Å²) in [6.45, 7) is 0. The predicted molar refractivity (Wildman–Crippen MR) is 168 cm³/mol. The van der Waals surface area contributed by atoms with Gasteiger partial charge in [-0.3, -0.25) is 14.5 Å². The molecule has 5 heterocycles. The second kappa shape index (κ2) is 20.0. The Morgan fingerprint density at radius 1 is 0.543 bits per heavy atom. The van der Waals surface area contributed by atoms with E-state index in [0.29, 0.717) is 0 Å². The third-order valence-corrected chi connectivity index (χ3v) is 6.19. The van der Waals surface area contributed by atoms with Gasteiger partial charge in [-0.2, -0.15) is 0 Å². The molecule has 7 rings (SSSR count). The van der Waals surface area contributed by atoms with E-state index in [2.05, 4.69) is 34.6 Å². The maximum atomic E-state index is 13.3. The fourth-order valence-electron chi connectivity index (χ4n) is 4.15. The Bertz CT molecular complexity index is 1760. The molecule has 0 amide bonds. The van der Waals surface area contributed by atoms with Crippen molar-refractivity contribution >= 4 is 9.64 Å². The van der Waals surface area contributed by atoms with Gasteiger partial charge in [0.1, 0.15) is 23.0 Å². The standard InChI is InChI=1S/C15H11FN2.2C9H9N3.3ClH.Os/c16-13-7-4-8-14(11-13)18-10-9-17-15(18)12-5-2-1-3-6-12;2*1-12-7-6-11-9(12)8-4-2-3-5-10-8;;;;/h1-11H;2*2-7H,1H3;3*1H;/q;;;;;;+1/p-3. The van der Waals surface area contributed by atoms with Crippen molar-refractivity contribution in [2.75, 3.05) is 0 Å². The number of benzene rings is 2. The number of aryl methyl sites for hydroxylation is 2. The molecule has 5 aromatic heterocycles. The Labute approximate surface area is 294 Å². The van der Waals surface area contributed by atoms with Gasteiger partial charge >= 0.3 is 27.2 Å². The molecule has 0 unspecified atom stereocenters. The molecule has 7 aromatic rings. The summed E-state index contributed by atoms with van der Waals surface area (Å²) in [6.07, 6.45) is 14.4. The van der Waals surface area contributed by atoms with Crippen molar-refractivity contribution in [3.63, 3.8) is 0 Å². The fraction of sp³-hybridized carbons (Fsp3) is 0.0606. The molecule has 0 saturated heterocycles. The van der Waals surface area contributed by atoms with Crippen molar-refractivity contribution in [1.82, 2.24) is 38.6 Å². The van der Waals surface area contributed by atoms with Crippen LogP contribution in [-0.4, -0.2) is 38.6 Å². The van der Waals surface area contributed by atoms with Gasteiger partial charge in [-0.1, -0.05) is 48.5 Å². The van der Waals surface area contributed by atoms with E-state index in [1.54, 1.807) is 37.1 Å². The molecule has 0 atom stereocenters. The summed E-state index contributed by atoms with van der Waals surface area (Å²) in [4.78, 5) is 21.1. The summed E-state index contributed by atoms with van der Waals surface area (Å²) in [5.74, 6) is 2.35. The van der Waals surface area contributed by atoms with Gasteiger partial charge in [-0.25, -0.2) is 19.3 Å². The summed E-state index contributed by atoms with van der Waals surface area (Å²) >= 11 is 1.33.